The van der Waals surface area contributed by atoms with Crippen molar-refractivity contribution in [2.24, 2.45) is 0 Å². The molecule has 0 unspecified atom stereocenters. The number of benzene rings is 2. The lowest BCUT2D eigenvalue weighted by atomic mass is 10.0. The molecule has 1 atom stereocenters. The summed E-state index contributed by atoms with van der Waals surface area (Å²) in [4.78, 5) is 27.9. The molecule has 0 saturated carbocycles. The van der Waals surface area contributed by atoms with Gasteiger partial charge >= 0.3 is 0 Å². The van der Waals surface area contributed by atoms with Gasteiger partial charge in [0.25, 0.3) is 0 Å². The lowest BCUT2D eigenvalue weighted by Crippen LogP contribution is -2.54. The molecule has 192 valence electrons. The quantitative estimate of drug-likeness (QED) is 0.557. The van der Waals surface area contributed by atoms with Crippen LogP contribution in [0, 0.1) is 5.82 Å². The van der Waals surface area contributed by atoms with Crippen molar-refractivity contribution < 1.29 is 22.4 Å². The fourth-order valence-electron chi connectivity index (χ4n) is 3.64. The highest BCUT2D eigenvalue weighted by molar-refractivity contribution is 7.92. The molecule has 2 aromatic rings. The fraction of sp³-hybridized carbons (Fsp3) is 0.462. The van der Waals surface area contributed by atoms with E-state index in [0.717, 1.165) is 16.1 Å². The van der Waals surface area contributed by atoms with Crippen molar-refractivity contribution in [2.75, 3.05) is 17.1 Å². The summed E-state index contributed by atoms with van der Waals surface area (Å²) in [6.45, 7) is 10.5. The molecule has 0 saturated heterocycles. The largest absolute Gasteiger partial charge is 0.350 e. The second kappa shape index (κ2) is 11.2. The molecule has 0 aliphatic carbocycles. The molecule has 9 heteroatoms. The Labute approximate surface area is 208 Å². The summed E-state index contributed by atoms with van der Waals surface area (Å²) in [5.41, 5.74) is 1.30. The van der Waals surface area contributed by atoms with Gasteiger partial charge in [0.15, 0.2) is 0 Å². The average molecular weight is 506 g/mol. The SMILES string of the molecule is CC(C)c1ccccc1N(CC(=O)N(Cc1ccc(F)cc1)[C@H](C)C(=O)NC(C)(C)C)S(C)(=O)=O. The highest BCUT2D eigenvalue weighted by Gasteiger charge is 2.32. The van der Waals surface area contributed by atoms with Crippen LogP contribution >= 0.6 is 0 Å². The molecule has 35 heavy (non-hydrogen) atoms. The van der Waals surface area contributed by atoms with Crippen LogP contribution in [0.4, 0.5) is 10.1 Å². The molecule has 0 fully saturated rings. The molecule has 2 rings (SSSR count). The van der Waals surface area contributed by atoms with Crippen molar-refractivity contribution >= 4 is 27.5 Å². The van der Waals surface area contributed by atoms with E-state index in [2.05, 4.69) is 5.32 Å². The third kappa shape index (κ3) is 8.06. The zero-order valence-electron chi connectivity index (χ0n) is 21.5. The lowest BCUT2D eigenvalue weighted by Gasteiger charge is -2.33. The van der Waals surface area contributed by atoms with Gasteiger partial charge < -0.3 is 10.2 Å². The molecule has 0 aliphatic rings. The molecular formula is C26H36FN3O4S. The van der Waals surface area contributed by atoms with E-state index < -0.39 is 39.9 Å². The highest BCUT2D eigenvalue weighted by atomic mass is 32.2. The summed E-state index contributed by atoms with van der Waals surface area (Å²) < 4.78 is 40.1. The first-order valence-corrected chi connectivity index (χ1v) is 13.4. The minimum Gasteiger partial charge on any atom is -0.350 e. The van der Waals surface area contributed by atoms with Crippen molar-refractivity contribution in [1.29, 1.82) is 0 Å². The van der Waals surface area contributed by atoms with E-state index in [9.17, 15) is 22.4 Å². The Balaban J connectivity index is 2.46. The summed E-state index contributed by atoms with van der Waals surface area (Å²) in [6, 6.07) is 11.8. The molecule has 7 nitrogen and oxygen atoms in total. The summed E-state index contributed by atoms with van der Waals surface area (Å²) in [5.74, 6) is -1.31. The van der Waals surface area contributed by atoms with E-state index in [1.165, 1.54) is 29.2 Å². The highest BCUT2D eigenvalue weighted by Crippen LogP contribution is 2.29. The van der Waals surface area contributed by atoms with Gasteiger partial charge in [-0.2, -0.15) is 0 Å². The van der Waals surface area contributed by atoms with Crippen LogP contribution < -0.4 is 9.62 Å². The minimum absolute atomic E-state index is 0.0152. The van der Waals surface area contributed by atoms with E-state index in [0.29, 0.717) is 11.3 Å². The predicted octanol–water partition coefficient (Wildman–Crippen LogP) is 4.05. The van der Waals surface area contributed by atoms with Gasteiger partial charge in [-0.1, -0.05) is 44.2 Å². The first kappa shape index (κ1) is 28.3. The fourth-order valence-corrected chi connectivity index (χ4v) is 4.51. The van der Waals surface area contributed by atoms with Gasteiger partial charge in [0.05, 0.1) is 11.9 Å². The van der Waals surface area contributed by atoms with Crippen LogP contribution in [0.3, 0.4) is 0 Å². The number of nitrogens with zero attached hydrogens (tertiary/aromatic N) is 2. The van der Waals surface area contributed by atoms with E-state index >= 15 is 0 Å². The maximum Gasteiger partial charge on any atom is 0.244 e. The Morgan fingerprint density at radius 3 is 2.09 bits per heavy atom. The third-order valence-corrected chi connectivity index (χ3v) is 6.56. The molecule has 2 amide bonds. The number of carbonyl (C=O) groups excluding carboxylic acids is 2. The van der Waals surface area contributed by atoms with Crippen LogP contribution in [0.2, 0.25) is 0 Å². The van der Waals surface area contributed by atoms with Crippen molar-refractivity contribution in [1.82, 2.24) is 10.2 Å². The monoisotopic (exact) mass is 505 g/mol. The number of hydrogen-bond acceptors (Lipinski definition) is 4. The second-order valence-corrected chi connectivity index (χ2v) is 12.0. The summed E-state index contributed by atoms with van der Waals surface area (Å²) in [5, 5.41) is 2.86. The van der Waals surface area contributed by atoms with Gasteiger partial charge in [0, 0.05) is 12.1 Å². The Bertz CT molecular complexity index is 1140. The number of carbonyl (C=O) groups is 2. The van der Waals surface area contributed by atoms with Crippen molar-refractivity contribution in [3.63, 3.8) is 0 Å². The topological polar surface area (TPSA) is 86.8 Å². The van der Waals surface area contributed by atoms with Crippen molar-refractivity contribution in [2.45, 2.75) is 65.6 Å². The predicted molar refractivity (Wildman–Crippen MR) is 137 cm³/mol. The summed E-state index contributed by atoms with van der Waals surface area (Å²) in [6.07, 6.45) is 1.05. The number of anilines is 1. The van der Waals surface area contributed by atoms with Crippen LogP contribution in [0.1, 0.15) is 58.6 Å². The minimum atomic E-state index is -3.82. The Hall–Kier alpha value is -2.94. The molecule has 0 aromatic heterocycles. The van der Waals surface area contributed by atoms with E-state index in [-0.39, 0.29) is 18.4 Å². The summed E-state index contributed by atoms with van der Waals surface area (Å²) in [7, 11) is -3.82. The zero-order chi connectivity index (χ0) is 26.6. The van der Waals surface area contributed by atoms with E-state index in [4.69, 9.17) is 0 Å². The normalized spacial score (nSPS) is 12.8. The van der Waals surface area contributed by atoms with E-state index in [1.54, 1.807) is 19.1 Å². The molecule has 2 aromatic carbocycles. The van der Waals surface area contributed by atoms with Crippen LogP contribution in [0.5, 0.6) is 0 Å². The maximum absolute atomic E-state index is 13.6. The molecular weight excluding hydrogens is 469 g/mol. The van der Waals surface area contributed by atoms with Gasteiger partial charge in [0.2, 0.25) is 21.8 Å². The molecule has 0 spiro atoms. The Morgan fingerprint density at radius 1 is 1.00 bits per heavy atom. The van der Waals surface area contributed by atoms with Gasteiger partial charge in [-0.25, -0.2) is 12.8 Å². The standard InChI is InChI=1S/C26H36FN3O4S/c1-18(2)22-10-8-9-11-23(22)30(35(7,33)34)17-24(31)29(16-20-12-14-21(27)15-13-20)19(3)25(32)28-26(4,5)6/h8-15,18-19H,16-17H2,1-7H3,(H,28,32)/t19-/m1/s1. The maximum atomic E-state index is 13.6. The van der Waals surface area contributed by atoms with Crippen molar-refractivity contribution in [3.8, 4) is 0 Å². The molecule has 0 radical (unpaired) electrons. The average Bonchev–Trinajstić information content (AvgIpc) is 2.74. The number of para-hydroxylation sites is 1. The number of rotatable bonds is 9. The van der Waals surface area contributed by atoms with Crippen LogP contribution in [-0.4, -0.2) is 49.5 Å². The van der Waals surface area contributed by atoms with Gasteiger partial charge in [-0.3, -0.25) is 13.9 Å². The van der Waals surface area contributed by atoms with Crippen LogP contribution in [0.25, 0.3) is 0 Å². The number of amides is 2. The third-order valence-electron chi connectivity index (χ3n) is 5.44. The van der Waals surface area contributed by atoms with Crippen LogP contribution in [0.15, 0.2) is 48.5 Å². The van der Waals surface area contributed by atoms with Gasteiger partial charge in [0.1, 0.15) is 18.4 Å². The number of hydrogen-bond donors (Lipinski definition) is 1. The summed E-state index contributed by atoms with van der Waals surface area (Å²) >= 11 is 0. The first-order valence-electron chi connectivity index (χ1n) is 11.5. The molecule has 0 bridgehead atoms. The Kier molecular flexibility index (Phi) is 9.06. The second-order valence-electron chi connectivity index (χ2n) is 10.0. The lowest BCUT2D eigenvalue weighted by molar-refractivity contribution is -0.140. The molecule has 1 N–H and O–H groups in total. The molecule has 0 heterocycles. The number of nitrogens with one attached hydrogen (secondary N) is 1. The number of halogens is 1. The van der Waals surface area contributed by atoms with E-state index in [1.807, 2.05) is 46.8 Å². The zero-order valence-corrected chi connectivity index (χ0v) is 22.3. The number of sulfonamides is 1. The van der Waals surface area contributed by atoms with Gasteiger partial charge in [-0.15, -0.1) is 0 Å². The smallest absolute Gasteiger partial charge is 0.244 e. The first-order chi connectivity index (χ1) is 16.1. The van der Waals surface area contributed by atoms with Crippen molar-refractivity contribution in [3.05, 3.63) is 65.5 Å². The Morgan fingerprint density at radius 2 is 1.57 bits per heavy atom. The van der Waals surface area contributed by atoms with Crippen LogP contribution in [-0.2, 0) is 26.2 Å². The molecule has 0 aliphatic heterocycles. The van der Waals surface area contributed by atoms with Gasteiger partial charge in [-0.05, 0) is 62.9 Å².